The Kier molecular flexibility index (Phi) is 7.02. The van der Waals surface area contributed by atoms with Crippen LogP contribution < -0.4 is 10.6 Å². The molecule has 88 valence electrons. The fraction of sp³-hybridized carbons (Fsp3) is 0.750. The lowest BCUT2D eigenvalue weighted by Crippen LogP contribution is -2.53. The Labute approximate surface area is 94.1 Å². The molecule has 1 unspecified atom stereocenters. The topological polar surface area (TPSA) is 76.7 Å². The molecule has 1 atom stereocenters. The number of rotatable bonds is 2. The van der Waals surface area contributed by atoms with Crippen molar-refractivity contribution in [1.29, 1.82) is 0 Å². The van der Waals surface area contributed by atoms with Gasteiger partial charge in [0.05, 0.1) is 6.61 Å². The van der Waals surface area contributed by atoms with Gasteiger partial charge in [-0.1, -0.05) is 0 Å². The maximum atomic E-state index is 11.3. The fourth-order valence-electron chi connectivity index (χ4n) is 1.12. The molecule has 0 aromatic rings. The highest BCUT2D eigenvalue weighted by Gasteiger charge is 2.24. The molecule has 0 spiro atoms. The molecule has 0 amide bonds. The Hall–Kier alpha value is -0.850. The van der Waals surface area contributed by atoms with E-state index in [0.717, 1.165) is 6.54 Å². The zero-order chi connectivity index (χ0) is 10.4. The standard InChI is InChI=1S/C8H14N2O4.ClH/c1-2-13-8(12)14-7(11)6-5-9-3-4-10-6;/h6,9-10H,2-5H2,1H3;1H. The van der Waals surface area contributed by atoms with Gasteiger partial charge in [0, 0.05) is 19.6 Å². The van der Waals surface area contributed by atoms with E-state index < -0.39 is 18.2 Å². The molecule has 0 aromatic carbocycles. The van der Waals surface area contributed by atoms with Crippen molar-refractivity contribution in [3.8, 4) is 0 Å². The second kappa shape index (κ2) is 7.44. The van der Waals surface area contributed by atoms with Crippen LogP contribution in [0.5, 0.6) is 0 Å². The molecule has 0 aromatic heterocycles. The molecule has 1 aliphatic rings. The number of piperazine rings is 1. The molecular weight excluding hydrogens is 224 g/mol. The van der Waals surface area contributed by atoms with Crippen LogP contribution in [0.15, 0.2) is 0 Å². The number of ether oxygens (including phenoxy) is 2. The summed E-state index contributed by atoms with van der Waals surface area (Å²) in [6.07, 6.45) is -0.940. The summed E-state index contributed by atoms with van der Waals surface area (Å²) < 4.78 is 8.90. The molecule has 1 rings (SSSR count). The van der Waals surface area contributed by atoms with Gasteiger partial charge in [-0.25, -0.2) is 9.59 Å². The van der Waals surface area contributed by atoms with E-state index in [1.807, 2.05) is 0 Å². The number of carbonyl (C=O) groups is 2. The summed E-state index contributed by atoms with van der Waals surface area (Å²) in [5, 5.41) is 5.93. The molecule has 1 saturated heterocycles. The molecule has 0 radical (unpaired) electrons. The van der Waals surface area contributed by atoms with Gasteiger partial charge in [-0.15, -0.1) is 12.4 Å². The van der Waals surface area contributed by atoms with Crippen LogP contribution in [0.1, 0.15) is 6.92 Å². The van der Waals surface area contributed by atoms with E-state index in [1.165, 1.54) is 0 Å². The van der Waals surface area contributed by atoms with Crippen molar-refractivity contribution < 1.29 is 19.1 Å². The predicted octanol–water partition coefficient (Wildman–Crippen LogP) is -0.331. The van der Waals surface area contributed by atoms with Crippen molar-refractivity contribution >= 4 is 24.5 Å². The molecule has 1 heterocycles. The third-order valence-corrected chi connectivity index (χ3v) is 1.77. The second-order valence-electron chi connectivity index (χ2n) is 2.81. The molecule has 0 bridgehead atoms. The van der Waals surface area contributed by atoms with Gasteiger partial charge < -0.3 is 20.1 Å². The third-order valence-electron chi connectivity index (χ3n) is 1.77. The number of halogens is 1. The Morgan fingerprint density at radius 3 is 2.67 bits per heavy atom. The molecular formula is C8H15ClN2O4. The normalized spacial score (nSPS) is 19.9. The van der Waals surface area contributed by atoms with E-state index in [9.17, 15) is 9.59 Å². The van der Waals surface area contributed by atoms with Crippen molar-refractivity contribution in [3.63, 3.8) is 0 Å². The first kappa shape index (κ1) is 14.2. The lowest BCUT2D eigenvalue weighted by Gasteiger charge is -2.21. The van der Waals surface area contributed by atoms with Crippen LogP contribution >= 0.6 is 12.4 Å². The summed E-state index contributed by atoms with van der Waals surface area (Å²) in [4.78, 5) is 22.0. The van der Waals surface area contributed by atoms with E-state index in [4.69, 9.17) is 0 Å². The molecule has 1 aliphatic heterocycles. The van der Waals surface area contributed by atoms with Gasteiger partial charge in [-0.3, -0.25) is 0 Å². The number of hydrogen-bond acceptors (Lipinski definition) is 6. The summed E-state index contributed by atoms with van der Waals surface area (Å²) >= 11 is 0. The van der Waals surface area contributed by atoms with Crippen LogP contribution in [0.4, 0.5) is 4.79 Å². The van der Waals surface area contributed by atoms with Crippen molar-refractivity contribution in [2.75, 3.05) is 26.2 Å². The summed E-state index contributed by atoms with van der Waals surface area (Å²) in [5.74, 6) is -0.601. The van der Waals surface area contributed by atoms with Crippen LogP contribution in [0.2, 0.25) is 0 Å². The molecule has 6 nitrogen and oxygen atoms in total. The molecule has 1 fully saturated rings. The maximum Gasteiger partial charge on any atom is 0.516 e. The van der Waals surface area contributed by atoms with Crippen LogP contribution in [0.3, 0.4) is 0 Å². The van der Waals surface area contributed by atoms with E-state index in [2.05, 4.69) is 20.1 Å². The van der Waals surface area contributed by atoms with Crippen molar-refractivity contribution in [1.82, 2.24) is 10.6 Å². The largest absolute Gasteiger partial charge is 0.516 e. The van der Waals surface area contributed by atoms with E-state index in [0.29, 0.717) is 13.1 Å². The van der Waals surface area contributed by atoms with Crippen LogP contribution in [0.25, 0.3) is 0 Å². The molecule has 0 aliphatic carbocycles. The number of esters is 1. The van der Waals surface area contributed by atoms with Gasteiger partial charge in [0.1, 0.15) is 6.04 Å². The SMILES string of the molecule is CCOC(=O)OC(=O)C1CNCCN1.Cl. The van der Waals surface area contributed by atoms with Gasteiger partial charge in [-0.2, -0.15) is 0 Å². The van der Waals surface area contributed by atoms with Gasteiger partial charge in [0.2, 0.25) is 0 Å². The number of nitrogens with one attached hydrogen (secondary N) is 2. The molecule has 0 saturated carbocycles. The Morgan fingerprint density at radius 1 is 1.40 bits per heavy atom. The van der Waals surface area contributed by atoms with E-state index in [1.54, 1.807) is 6.92 Å². The molecule has 7 heteroatoms. The maximum absolute atomic E-state index is 11.3. The zero-order valence-corrected chi connectivity index (χ0v) is 9.26. The highest BCUT2D eigenvalue weighted by Crippen LogP contribution is 1.94. The summed E-state index contributed by atoms with van der Waals surface area (Å²) in [6.45, 7) is 3.80. The third kappa shape index (κ3) is 4.96. The molecule has 2 N–H and O–H groups in total. The van der Waals surface area contributed by atoms with Crippen molar-refractivity contribution in [2.45, 2.75) is 13.0 Å². The second-order valence-corrected chi connectivity index (χ2v) is 2.81. The highest BCUT2D eigenvalue weighted by atomic mass is 35.5. The minimum Gasteiger partial charge on any atom is -0.434 e. The number of hydrogen-bond donors (Lipinski definition) is 2. The monoisotopic (exact) mass is 238 g/mol. The van der Waals surface area contributed by atoms with Gasteiger partial charge in [0.15, 0.2) is 0 Å². The van der Waals surface area contributed by atoms with Gasteiger partial charge in [-0.05, 0) is 6.92 Å². The first-order chi connectivity index (χ1) is 6.74. The van der Waals surface area contributed by atoms with Gasteiger partial charge in [0.25, 0.3) is 0 Å². The Bertz CT molecular complexity index is 219. The van der Waals surface area contributed by atoms with E-state index >= 15 is 0 Å². The minimum atomic E-state index is -0.940. The van der Waals surface area contributed by atoms with Crippen molar-refractivity contribution in [2.24, 2.45) is 0 Å². The summed E-state index contributed by atoms with van der Waals surface area (Å²) in [7, 11) is 0. The van der Waals surface area contributed by atoms with Gasteiger partial charge >= 0.3 is 12.1 Å². The Balaban J connectivity index is 0.00000196. The molecule has 15 heavy (non-hydrogen) atoms. The lowest BCUT2D eigenvalue weighted by molar-refractivity contribution is -0.142. The van der Waals surface area contributed by atoms with Crippen LogP contribution in [0, 0.1) is 0 Å². The van der Waals surface area contributed by atoms with Crippen molar-refractivity contribution in [3.05, 3.63) is 0 Å². The zero-order valence-electron chi connectivity index (χ0n) is 8.45. The Morgan fingerprint density at radius 2 is 2.13 bits per heavy atom. The average Bonchev–Trinajstić information content (AvgIpc) is 2.19. The first-order valence-electron chi connectivity index (χ1n) is 4.56. The average molecular weight is 239 g/mol. The first-order valence-corrected chi connectivity index (χ1v) is 4.56. The van der Waals surface area contributed by atoms with Crippen LogP contribution in [-0.4, -0.2) is 44.4 Å². The fourth-order valence-corrected chi connectivity index (χ4v) is 1.12. The quantitative estimate of drug-likeness (QED) is 0.507. The minimum absolute atomic E-state index is 0. The highest BCUT2D eigenvalue weighted by molar-refractivity contribution is 5.86. The summed E-state index contributed by atoms with van der Waals surface area (Å²) in [5.41, 5.74) is 0. The van der Waals surface area contributed by atoms with E-state index in [-0.39, 0.29) is 19.0 Å². The predicted molar refractivity (Wildman–Crippen MR) is 55.0 cm³/mol. The smallest absolute Gasteiger partial charge is 0.434 e. The summed E-state index contributed by atoms with van der Waals surface area (Å²) in [6, 6.07) is -0.465. The lowest BCUT2D eigenvalue weighted by atomic mass is 10.2. The van der Waals surface area contributed by atoms with Crippen LogP contribution in [-0.2, 0) is 14.3 Å². The number of carbonyl (C=O) groups excluding carboxylic acids is 2.